The van der Waals surface area contributed by atoms with E-state index in [0.29, 0.717) is 13.0 Å². The largest absolute Gasteiger partial charge is 0.481 e. The Morgan fingerprint density at radius 2 is 1.90 bits per heavy atom. The molecule has 0 aliphatic carbocycles. The summed E-state index contributed by atoms with van der Waals surface area (Å²) in [6.07, 6.45) is 1.27. The molecule has 0 saturated carbocycles. The predicted molar refractivity (Wildman–Crippen MR) is 79.5 cm³/mol. The zero-order valence-corrected chi connectivity index (χ0v) is 12.3. The molecule has 0 saturated heterocycles. The van der Waals surface area contributed by atoms with E-state index >= 15 is 0 Å². The minimum absolute atomic E-state index is 0.00306. The molecular formula is C16H25NO3. The molecule has 1 rings (SSSR count). The summed E-state index contributed by atoms with van der Waals surface area (Å²) < 4.78 is 0. The lowest BCUT2D eigenvalue weighted by Gasteiger charge is -2.24. The van der Waals surface area contributed by atoms with Crippen LogP contribution in [0, 0.1) is 5.41 Å². The predicted octanol–water partition coefficient (Wildman–Crippen LogP) is 2.59. The SMILES string of the molecule is CC(C)(CCNCC(O)c1ccccc1)CCC(=O)O. The molecule has 0 fully saturated rings. The van der Waals surface area contributed by atoms with E-state index in [1.807, 2.05) is 30.3 Å². The third kappa shape index (κ3) is 6.68. The Morgan fingerprint density at radius 3 is 2.50 bits per heavy atom. The highest BCUT2D eigenvalue weighted by atomic mass is 16.4. The van der Waals surface area contributed by atoms with Gasteiger partial charge in [-0.3, -0.25) is 4.79 Å². The number of carboxylic acid groups (broad SMARTS) is 1. The lowest BCUT2D eigenvalue weighted by Crippen LogP contribution is -2.26. The molecule has 1 unspecified atom stereocenters. The Morgan fingerprint density at radius 1 is 1.25 bits per heavy atom. The van der Waals surface area contributed by atoms with E-state index in [4.69, 9.17) is 5.11 Å². The van der Waals surface area contributed by atoms with E-state index in [1.165, 1.54) is 0 Å². The Balaban J connectivity index is 2.22. The fourth-order valence-electron chi connectivity index (χ4n) is 2.03. The van der Waals surface area contributed by atoms with Gasteiger partial charge in [0.2, 0.25) is 0 Å². The minimum Gasteiger partial charge on any atom is -0.481 e. The van der Waals surface area contributed by atoms with Gasteiger partial charge in [-0.1, -0.05) is 44.2 Å². The van der Waals surface area contributed by atoms with Crippen LogP contribution in [-0.4, -0.2) is 29.3 Å². The van der Waals surface area contributed by atoms with Crippen molar-refractivity contribution >= 4 is 5.97 Å². The molecule has 0 radical (unpaired) electrons. The first kappa shape index (κ1) is 16.7. The molecule has 0 bridgehead atoms. The number of carboxylic acids is 1. The smallest absolute Gasteiger partial charge is 0.303 e. The Bertz CT molecular complexity index is 403. The van der Waals surface area contributed by atoms with Gasteiger partial charge in [-0.05, 0) is 30.4 Å². The number of rotatable bonds is 9. The minimum atomic E-state index is -0.745. The van der Waals surface area contributed by atoms with Gasteiger partial charge >= 0.3 is 5.97 Å². The summed E-state index contributed by atoms with van der Waals surface area (Å²) in [4.78, 5) is 10.6. The van der Waals surface area contributed by atoms with Crippen LogP contribution in [0.15, 0.2) is 30.3 Å². The fraction of sp³-hybridized carbons (Fsp3) is 0.562. The van der Waals surface area contributed by atoms with E-state index in [0.717, 1.165) is 18.5 Å². The van der Waals surface area contributed by atoms with Crippen LogP contribution in [0.3, 0.4) is 0 Å². The summed E-state index contributed by atoms with van der Waals surface area (Å²) in [5, 5.41) is 21.9. The van der Waals surface area contributed by atoms with E-state index in [2.05, 4.69) is 19.2 Å². The molecule has 0 amide bonds. The topological polar surface area (TPSA) is 69.6 Å². The van der Waals surface area contributed by atoms with E-state index < -0.39 is 12.1 Å². The number of nitrogens with one attached hydrogen (secondary N) is 1. The van der Waals surface area contributed by atoms with Crippen LogP contribution in [0.4, 0.5) is 0 Å². The average molecular weight is 279 g/mol. The summed E-state index contributed by atoms with van der Waals surface area (Å²) >= 11 is 0. The van der Waals surface area contributed by atoms with Crippen molar-refractivity contribution in [1.29, 1.82) is 0 Å². The van der Waals surface area contributed by atoms with Crippen LogP contribution in [-0.2, 0) is 4.79 Å². The van der Waals surface area contributed by atoms with Gasteiger partial charge in [0.05, 0.1) is 6.10 Å². The van der Waals surface area contributed by atoms with Crippen molar-refractivity contribution in [3.05, 3.63) is 35.9 Å². The molecule has 4 heteroatoms. The van der Waals surface area contributed by atoms with Crippen LogP contribution < -0.4 is 5.32 Å². The number of benzene rings is 1. The molecule has 1 atom stereocenters. The Hall–Kier alpha value is -1.39. The first-order valence-electron chi connectivity index (χ1n) is 7.06. The molecule has 1 aromatic rings. The summed E-state index contributed by atoms with van der Waals surface area (Å²) in [6, 6.07) is 9.56. The molecule has 20 heavy (non-hydrogen) atoms. The second kappa shape index (κ2) is 8.02. The third-order valence-corrected chi connectivity index (χ3v) is 3.52. The molecule has 4 nitrogen and oxygen atoms in total. The average Bonchev–Trinajstić information content (AvgIpc) is 2.42. The Labute approximate surface area is 120 Å². The van der Waals surface area contributed by atoms with Crippen LogP contribution in [0.25, 0.3) is 0 Å². The van der Waals surface area contributed by atoms with Crippen molar-refractivity contribution in [2.45, 2.75) is 39.2 Å². The number of carbonyl (C=O) groups is 1. The zero-order valence-electron chi connectivity index (χ0n) is 12.3. The van der Waals surface area contributed by atoms with Gasteiger partial charge in [-0.2, -0.15) is 0 Å². The maximum atomic E-state index is 10.6. The highest BCUT2D eigenvalue weighted by molar-refractivity contribution is 5.66. The standard InChI is InChI=1S/C16H25NO3/c1-16(2,9-8-15(19)20)10-11-17-12-14(18)13-6-4-3-5-7-13/h3-7,14,17-18H,8-12H2,1-2H3,(H,19,20). The monoisotopic (exact) mass is 279 g/mol. The molecular weight excluding hydrogens is 254 g/mol. The number of hydrogen-bond donors (Lipinski definition) is 3. The van der Waals surface area contributed by atoms with Crippen LogP contribution in [0.5, 0.6) is 0 Å². The molecule has 0 heterocycles. The van der Waals surface area contributed by atoms with Gasteiger partial charge in [0.25, 0.3) is 0 Å². The fourth-order valence-corrected chi connectivity index (χ4v) is 2.03. The van der Waals surface area contributed by atoms with Gasteiger partial charge in [0.15, 0.2) is 0 Å². The normalized spacial score (nSPS) is 13.2. The van der Waals surface area contributed by atoms with Gasteiger partial charge in [0, 0.05) is 13.0 Å². The van der Waals surface area contributed by atoms with Gasteiger partial charge in [0.1, 0.15) is 0 Å². The molecule has 0 spiro atoms. The van der Waals surface area contributed by atoms with Crippen molar-refractivity contribution in [1.82, 2.24) is 5.32 Å². The highest BCUT2D eigenvalue weighted by Gasteiger charge is 2.18. The molecule has 0 aliphatic heterocycles. The number of hydrogen-bond acceptors (Lipinski definition) is 3. The maximum Gasteiger partial charge on any atom is 0.303 e. The van der Waals surface area contributed by atoms with Gasteiger partial charge < -0.3 is 15.5 Å². The van der Waals surface area contributed by atoms with Crippen molar-refractivity contribution < 1.29 is 15.0 Å². The lowest BCUT2D eigenvalue weighted by molar-refractivity contribution is -0.137. The number of aliphatic hydroxyl groups is 1. The lowest BCUT2D eigenvalue weighted by atomic mass is 9.84. The van der Waals surface area contributed by atoms with Gasteiger partial charge in [-0.15, -0.1) is 0 Å². The van der Waals surface area contributed by atoms with Crippen LogP contribution in [0.1, 0.15) is 44.8 Å². The van der Waals surface area contributed by atoms with Crippen molar-refractivity contribution in [3.8, 4) is 0 Å². The number of aliphatic carboxylic acids is 1. The Kier molecular flexibility index (Phi) is 6.68. The van der Waals surface area contributed by atoms with Crippen molar-refractivity contribution in [2.75, 3.05) is 13.1 Å². The van der Waals surface area contributed by atoms with Crippen LogP contribution in [0.2, 0.25) is 0 Å². The van der Waals surface area contributed by atoms with E-state index in [-0.39, 0.29) is 11.8 Å². The number of aliphatic hydroxyl groups excluding tert-OH is 1. The first-order chi connectivity index (χ1) is 9.41. The summed E-state index contributed by atoms with van der Waals surface area (Å²) in [7, 11) is 0. The molecule has 1 aromatic carbocycles. The molecule has 0 aromatic heterocycles. The summed E-state index contributed by atoms with van der Waals surface area (Å²) in [6.45, 7) is 5.44. The third-order valence-electron chi connectivity index (χ3n) is 3.52. The highest BCUT2D eigenvalue weighted by Crippen LogP contribution is 2.26. The summed E-state index contributed by atoms with van der Waals surface area (Å²) in [5.41, 5.74) is 0.911. The first-order valence-corrected chi connectivity index (χ1v) is 7.06. The molecule has 112 valence electrons. The van der Waals surface area contributed by atoms with E-state index in [9.17, 15) is 9.90 Å². The molecule has 0 aliphatic rings. The second-order valence-corrected chi connectivity index (χ2v) is 5.94. The molecule has 3 N–H and O–H groups in total. The quantitative estimate of drug-likeness (QED) is 0.608. The van der Waals surface area contributed by atoms with E-state index in [1.54, 1.807) is 0 Å². The van der Waals surface area contributed by atoms with Gasteiger partial charge in [-0.25, -0.2) is 0 Å². The zero-order chi connectivity index (χ0) is 15.0. The second-order valence-electron chi connectivity index (χ2n) is 5.94. The summed E-state index contributed by atoms with van der Waals surface area (Å²) in [5.74, 6) is -0.745. The maximum absolute atomic E-state index is 10.6. The van der Waals surface area contributed by atoms with Crippen LogP contribution >= 0.6 is 0 Å². The van der Waals surface area contributed by atoms with Crippen molar-refractivity contribution in [2.24, 2.45) is 5.41 Å². The van der Waals surface area contributed by atoms with Crippen molar-refractivity contribution in [3.63, 3.8) is 0 Å².